The Morgan fingerprint density at radius 1 is 1.25 bits per heavy atom. The van der Waals surface area contributed by atoms with Crippen LogP contribution in [0.3, 0.4) is 0 Å². The van der Waals surface area contributed by atoms with E-state index in [0.29, 0.717) is 10.7 Å². The number of carbonyl (C=O) groups is 2. The van der Waals surface area contributed by atoms with Crippen LogP contribution in [0.4, 0.5) is 9.59 Å². The summed E-state index contributed by atoms with van der Waals surface area (Å²) in [6.07, 6.45) is 0.317. The Labute approximate surface area is 149 Å². The van der Waals surface area contributed by atoms with E-state index in [1.54, 1.807) is 31.3 Å². The summed E-state index contributed by atoms with van der Waals surface area (Å²) in [5, 5.41) is 4.34. The Morgan fingerprint density at radius 2 is 1.96 bits per heavy atom. The molecule has 0 aliphatic rings. The molecule has 0 bridgehead atoms. The average molecular weight is 372 g/mol. The smallest absolute Gasteiger partial charge is 0.442 e. The molecule has 1 rings (SSSR count). The van der Waals surface area contributed by atoms with E-state index in [-0.39, 0.29) is 6.61 Å². The van der Waals surface area contributed by atoms with Crippen molar-refractivity contribution in [2.24, 2.45) is 5.16 Å². The van der Waals surface area contributed by atoms with Crippen molar-refractivity contribution in [3.05, 3.63) is 30.1 Å². The van der Waals surface area contributed by atoms with Crippen LogP contribution in [0.2, 0.25) is 0 Å². The van der Waals surface area contributed by atoms with Gasteiger partial charge in [0, 0.05) is 20.3 Å². The highest BCUT2D eigenvalue weighted by Gasteiger charge is 2.19. The maximum Gasteiger partial charge on any atom is 0.447 e. The van der Waals surface area contributed by atoms with Crippen LogP contribution in [0.25, 0.3) is 0 Å². The van der Waals surface area contributed by atoms with Gasteiger partial charge in [0.05, 0.1) is 17.8 Å². The highest BCUT2D eigenvalue weighted by molar-refractivity contribution is 8.13. The number of thioether (sulfide) groups is 1. The molecular formula is C14H20N4O4S2. The highest BCUT2D eigenvalue weighted by atomic mass is 32.2. The van der Waals surface area contributed by atoms with Crippen molar-refractivity contribution in [3.63, 3.8) is 0 Å². The molecule has 0 N–H and O–H groups in total. The topological polar surface area (TPSA) is 84.3 Å². The minimum absolute atomic E-state index is 0.0520. The normalized spacial score (nSPS) is 10.9. The van der Waals surface area contributed by atoms with E-state index < -0.39 is 12.2 Å². The molecule has 1 aromatic rings. The Kier molecular flexibility index (Phi) is 9.02. The van der Waals surface area contributed by atoms with Gasteiger partial charge in [0.1, 0.15) is 11.7 Å². The van der Waals surface area contributed by atoms with Crippen LogP contribution in [-0.2, 0) is 16.2 Å². The molecule has 1 heterocycles. The average Bonchev–Trinajstić information content (AvgIpc) is 2.58. The zero-order valence-corrected chi connectivity index (χ0v) is 15.6. The molecule has 0 aromatic carbocycles. The Bertz CT molecular complexity index is 571. The van der Waals surface area contributed by atoms with E-state index in [9.17, 15) is 9.59 Å². The van der Waals surface area contributed by atoms with Crippen LogP contribution in [0.1, 0.15) is 19.5 Å². The first-order valence-corrected chi connectivity index (χ1v) is 8.76. The van der Waals surface area contributed by atoms with Crippen molar-refractivity contribution in [1.82, 2.24) is 13.6 Å². The van der Waals surface area contributed by atoms with Gasteiger partial charge < -0.3 is 4.74 Å². The molecule has 0 aliphatic carbocycles. The zero-order valence-electron chi connectivity index (χ0n) is 14.0. The fourth-order valence-corrected chi connectivity index (χ4v) is 2.45. The first-order chi connectivity index (χ1) is 11.4. The second-order valence-corrected chi connectivity index (χ2v) is 7.07. The van der Waals surface area contributed by atoms with E-state index in [4.69, 9.17) is 9.57 Å². The van der Waals surface area contributed by atoms with Gasteiger partial charge in [0.15, 0.2) is 0 Å². The van der Waals surface area contributed by atoms with Crippen LogP contribution in [0.5, 0.6) is 0 Å². The number of hydrogen-bond acceptors (Lipinski definition) is 8. The summed E-state index contributed by atoms with van der Waals surface area (Å²) in [4.78, 5) is 32.5. The summed E-state index contributed by atoms with van der Waals surface area (Å²) in [5.74, 6) is 0.836. The summed E-state index contributed by atoms with van der Waals surface area (Å²) in [6, 6.07) is 5.33. The first kappa shape index (κ1) is 20.1. The van der Waals surface area contributed by atoms with E-state index in [2.05, 4.69) is 10.1 Å². The molecule has 10 heteroatoms. The minimum atomic E-state index is -0.694. The first-order valence-electron chi connectivity index (χ1n) is 7.04. The number of amides is 2. The van der Waals surface area contributed by atoms with Crippen molar-refractivity contribution in [2.45, 2.75) is 20.5 Å². The SMILES string of the molecule is CCSC(C)=NOC(=O)N(C)SN(C)C(=O)OCc1ccccn1. The summed E-state index contributed by atoms with van der Waals surface area (Å²) >= 11 is 2.30. The van der Waals surface area contributed by atoms with Crippen LogP contribution in [0, 0.1) is 0 Å². The summed E-state index contributed by atoms with van der Waals surface area (Å²) in [5.41, 5.74) is 0.634. The third-order valence-electron chi connectivity index (χ3n) is 2.43. The van der Waals surface area contributed by atoms with Gasteiger partial charge in [0.2, 0.25) is 0 Å². The summed E-state index contributed by atoms with van der Waals surface area (Å²) < 4.78 is 7.40. The quantitative estimate of drug-likeness (QED) is 0.249. The van der Waals surface area contributed by atoms with Crippen molar-refractivity contribution in [1.29, 1.82) is 0 Å². The number of oxime groups is 1. The Morgan fingerprint density at radius 3 is 2.58 bits per heavy atom. The zero-order chi connectivity index (χ0) is 17.9. The van der Waals surface area contributed by atoms with Gasteiger partial charge in [-0.1, -0.05) is 18.1 Å². The molecule has 0 atom stereocenters. The number of hydrogen-bond donors (Lipinski definition) is 0. The second-order valence-electron chi connectivity index (χ2n) is 4.35. The third kappa shape index (κ3) is 7.55. The number of ether oxygens (including phenoxy) is 1. The predicted molar refractivity (Wildman–Crippen MR) is 95.3 cm³/mol. The molecule has 0 radical (unpaired) electrons. The lowest BCUT2D eigenvalue weighted by molar-refractivity contribution is 0.122. The van der Waals surface area contributed by atoms with Crippen LogP contribution >= 0.6 is 23.9 Å². The maximum absolute atomic E-state index is 11.9. The summed E-state index contributed by atoms with van der Waals surface area (Å²) in [7, 11) is 2.95. The third-order valence-corrected chi connectivity index (χ3v) is 4.00. The number of nitrogens with zero attached hydrogens (tertiary/aromatic N) is 4. The van der Waals surface area contributed by atoms with E-state index in [1.807, 2.05) is 6.92 Å². The van der Waals surface area contributed by atoms with Gasteiger partial charge in [0.25, 0.3) is 0 Å². The molecule has 132 valence electrons. The molecule has 0 spiro atoms. The maximum atomic E-state index is 11.9. The fraction of sp³-hybridized carbons (Fsp3) is 0.429. The standard InChI is InChI=1S/C14H20N4O4S2/c1-5-23-11(2)16-22-14(20)18(4)24-17(3)13(19)21-10-12-8-6-7-9-15-12/h6-9H,5,10H2,1-4H3. The van der Waals surface area contributed by atoms with Gasteiger partial charge in [-0.15, -0.1) is 11.8 Å². The highest BCUT2D eigenvalue weighted by Crippen LogP contribution is 2.15. The molecule has 2 amide bonds. The predicted octanol–water partition coefficient (Wildman–Crippen LogP) is 3.37. The van der Waals surface area contributed by atoms with Crippen LogP contribution in [-0.4, -0.2) is 50.7 Å². The van der Waals surface area contributed by atoms with Gasteiger partial charge in [-0.25, -0.2) is 18.2 Å². The molecule has 24 heavy (non-hydrogen) atoms. The van der Waals surface area contributed by atoms with E-state index in [1.165, 1.54) is 30.2 Å². The number of carbonyl (C=O) groups excluding carboxylic acids is 2. The number of rotatable bonds is 6. The van der Waals surface area contributed by atoms with Gasteiger partial charge >= 0.3 is 12.2 Å². The lowest BCUT2D eigenvalue weighted by Gasteiger charge is -2.20. The Balaban J connectivity index is 2.39. The van der Waals surface area contributed by atoms with Crippen molar-refractivity contribution in [2.75, 3.05) is 19.8 Å². The van der Waals surface area contributed by atoms with Gasteiger partial charge in [-0.05, 0) is 24.8 Å². The van der Waals surface area contributed by atoms with Crippen molar-refractivity contribution in [3.8, 4) is 0 Å². The van der Waals surface area contributed by atoms with Crippen LogP contribution < -0.4 is 0 Å². The summed E-state index contributed by atoms with van der Waals surface area (Å²) in [6.45, 7) is 3.77. The van der Waals surface area contributed by atoms with Crippen molar-refractivity contribution < 1.29 is 19.2 Å². The van der Waals surface area contributed by atoms with E-state index >= 15 is 0 Å². The fourth-order valence-electron chi connectivity index (χ4n) is 1.36. The molecule has 0 fully saturated rings. The monoisotopic (exact) mass is 372 g/mol. The minimum Gasteiger partial charge on any atom is -0.442 e. The lowest BCUT2D eigenvalue weighted by Crippen LogP contribution is -2.29. The molecule has 0 aliphatic heterocycles. The molecule has 0 saturated carbocycles. The lowest BCUT2D eigenvalue weighted by atomic mass is 10.4. The molecule has 0 unspecified atom stereocenters. The molecule has 1 aromatic heterocycles. The molecule has 0 saturated heterocycles. The molecular weight excluding hydrogens is 352 g/mol. The number of pyridine rings is 1. The largest absolute Gasteiger partial charge is 0.447 e. The molecule has 8 nitrogen and oxygen atoms in total. The van der Waals surface area contributed by atoms with Gasteiger partial charge in [-0.3, -0.25) is 9.82 Å². The Hall–Kier alpha value is -1.94. The second kappa shape index (κ2) is 10.8. The number of aromatic nitrogens is 1. The van der Waals surface area contributed by atoms with Crippen molar-refractivity contribution >= 4 is 41.1 Å². The van der Waals surface area contributed by atoms with E-state index in [0.717, 1.165) is 22.2 Å². The van der Waals surface area contributed by atoms with Crippen LogP contribution in [0.15, 0.2) is 29.6 Å². The van der Waals surface area contributed by atoms with Gasteiger partial charge in [-0.2, -0.15) is 0 Å².